The number of hydrogen-bond acceptors (Lipinski definition) is 5. The zero-order valence-corrected chi connectivity index (χ0v) is 9.21. The van der Waals surface area contributed by atoms with Crippen LogP contribution in [0.2, 0.25) is 0 Å². The van der Waals surface area contributed by atoms with Crippen LogP contribution in [-0.2, 0) is 0 Å². The summed E-state index contributed by atoms with van der Waals surface area (Å²) in [5.41, 5.74) is 1.56. The molecular weight excluding hydrogens is 216 g/mol. The van der Waals surface area contributed by atoms with Crippen molar-refractivity contribution < 1.29 is 4.74 Å². The van der Waals surface area contributed by atoms with Gasteiger partial charge in [-0.05, 0) is 18.2 Å². The van der Waals surface area contributed by atoms with Gasteiger partial charge in [-0.1, -0.05) is 12.1 Å². The van der Waals surface area contributed by atoms with Crippen molar-refractivity contribution in [3.05, 3.63) is 36.5 Å². The second kappa shape index (κ2) is 4.94. The van der Waals surface area contributed by atoms with E-state index >= 15 is 0 Å². The van der Waals surface area contributed by atoms with Gasteiger partial charge in [-0.3, -0.25) is 5.32 Å². The highest BCUT2D eigenvalue weighted by Gasteiger charge is 2.07. The lowest BCUT2D eigenvalue weighted by atomic mass is 10.1. The van der Waals surface area contributed by atoms with E-state index in [4.69, 9.17) is 10.00 Å². The number of para-hydroxylation sites is 1. The van der Waals surface area contributed by atoms with E-state index in [1.807, 2.05) is 24.3 Å². The molecule has 0 spiro atoms. The summed E-state index contributed by atoms with van der Waals surface area (Å²) < 4.78 is 5.25. The lowest BCUT2D eigenvalue weighted by molar-refractivity contribution is 0.416. The molecule has 0 saturated carbocycles. The molecule has 0 fully saturated rings. The maximum absolute atomic E-state index is 8.52. The molecule has 0 amide bonds. The number of ether oxygens (including phenoxy) is 1. The Morgan fingerprint density at radius 3 is 2.88 bits per heavy atom. The highest BCUT2D eigenvalue weighted by atomic mass is 16.5. The first kappa shape index (κ1) is 10.9. The summed E-state index contributed by atoms with van der Waals surface area (Å²) in [5.74, 6) is 1.00. The predicted octanol–water partition coefficient (Wildman–Crippen LogP) is 2.05. The van der Waals surface area contributed by atoms with Gasteiger partial charge in [-0.15, -0.1) is 0 Å². The minimum absolute atomic E-state index is 0.274. The summed E-state index contributed by atoms with van der Waals surface area (Å²) in [6.45, 7) is 0. The van der Waals surface area contributed by atoms with Crippen LogP contribution in [0.5, 0.6) is 5.75 Å². The lowest BCUT2D eigenvalue weighted by Gasteiger charge is -2.07. The molecule has 1 aromatic carbocycles. The maximum Gasteiger partial charge on any atom is 0.236 e. The first-order valence-corrected chi connectivity index (χ1v) is 4.96. The van der Waals surface area contributed by atoms with E-state index in [0.717, 1.165) is 11.3 Å². The summed E-state index contributed by atoms with van der Waals surface area (Å²) in [7, 11) is 1.61. The number of nitrogens with one attached hydrogen (secondary N) is 1. The first-order valence-electron chi connectivity index (χ1n) is 4.96. The standard InChI is InChI=1S/C12H10N4O/c1-17-11-5-3-2-4-9(11)10-6-7-14-12(16-10)15-8-13/h2-7H,1H3,(H,14,15,16). The average Bonchev–Trinajstić information content (AvgIpc) is 2.39. The Kier molecular flexibility index (Phi) is 3.17. The van der Waals surface area contributed by atoms with E-state index in [2.05, 4.69) is 15.3 Å². The number of methoxy groups -OCH3 is 1. The Balaban J connectivity index is 2.46. The summed E-state index contributed by atoms with van der Waals surface area (Å²) in [5, 5.41) is 10.9. The average molecular weight is 226 g/mol. The monoisotopic (exact) mass is 226 g/mol. The summed E-state index contributed by atoms with van der Waals surface area (Å²) in [6.07, 6.45) is 3.38. The van der Waals surface area contributed by atoms with Crippen molar-refractivity contribution in [2.45, 2.75) is 0 Å². The molecule has 0 atom stereocenters. The van der Waals surface area contributed by atoms with E-state index in [1.165, 1.54) is 0 Å². The third-order valence-electron chi connectivity index (χ3n) is 2.21. The summed E-state index contributed by atoms with van der Waals surface area (Å²) in [4.78, 5) is 8.14. The zero-order valence-electron chi connectivity index (χ0n) is 9.21. The van der Waals surface area contributed by atoms with Gasteiger partial charge in [0.25, 0.3) is 0 Å². The van der Waals surface area contributed by atoms with Crippen LogP contribution >= 0.6 is 0 Å². The van der Waals surface area contributed by atoms with Gasteiger partial charge in [0, 0.05) is 11.8 Å². The molecule has 0 aliphatic carbocycles. The SMILES string of the molecule is COc1ccccc1-c1ccnc(NC#N)n1. The normalized spacial score (nSPS) is 9.41. The number of anilines is 1. The number of benzene rings is 1. The third-order valence-corrected chi connectivity index (χ3v) is 2.21. The molecule has 2 rings (SSSR count). The molecule has 1 N–H and O–H groups in total. The molecule has 0 aliphatic heterocycles. The van der Waals surface area contributed by atoms with Crippen LogP contribution in [0.15, 0.2) is 36.5 Å². The fourth-order valence-corrected chi connectivity index (χ4v) is 1.48. The Labute approximate surface area is 98.7 Å². The van der Waals surface area contributed by atoms with Gasteiger partial charge in [0.15, 0.2) is 6.19 Å². The van der Waals surface area contributed by atoms with Crippen LogP contribution in [0.4, 0.5) is 5.95 Å². The van der Waals surface area contributed by atoms with Gasteiger partial charge in [-0.25, -0.2) is 9.97 Å². The van der Waals surface area contributed by atoms with Gasteiger partial charge in [0.1, 0.15) is 5.75 Å². The Hall–Kier alpha value is -2.61. The molecular formula is C12H10N4O. The molecule has 17 heavy (non-hydrogen) atoms. The Morgan fingerprint density at radius 1 is 1.29 bits per heavy atom. The van der Waals surface area contributed by atoms with Crippen molar-refractivity contribution in [1.82, 2.24) is 9.97 Å². The van der Waals surface area contributed by atoms with Crippen LogP contribution in [0.3, 0.4) is 0 Å². The van der Waals surface area contributed by atoms with Crippen LogP contribution in [-0.4, -0.2) is 17.1 Å². The quantitative estimate of drug-likeness (QED) is 0.640. The number of aromatic nitrogens is 2. The van der Waals surface area contributed by atoms with Gasteiger partial charge < -0.3 is 4.74 Å². The van der Waals surface area contributed by atoms with E-state index in [-0.39, 0.29) is 5.95 Å². The van der Waals surface area contributed by atoms with Crippen LogP contribution in [0.1, 0.15) is 0 Å². The highest BCUT2D eigenvalue weighted by Crippen LogP contribution is 2.27. The topological polar surface area (TPSA) is 70.8 Å². The van der Waals surface area contributed by atoms with Crippen LogP contribution in [0, 0.1) is 11.5 Å². The van der Waals surface area contributed by atoms with E-state index < -0.39 is 0 Å². The molecule has 0 radical (unpaired) electrons. The number of rotatable bonds is 3. The minimum Gasteiger partial charge on any atom is -0.496 e. The van der Waals surface area contributed by atoms with Crippen molar-refractivity contribution in [2.75, 3.05) is 12.4 Å². The second-order valence-electron chi connectivity index (χ2n) is 3.20. The zero-order chi connectivity index (χ0) is 12.1. The molecule has 0 aliphatic rings. The third kappa shape index (κ3) is 2.32. The molecule has 5 nitrogen and oxygen atoms in total. The minimum atomic E-state index is 0.274. The number of hydrogen-bond donors (Lipinski definition) is 1. The molecule has 0 bridgehead atoms. The Morgan fingerprint density at radius 2 is 2.12 bits per heavy atom. The predicted molar refractivity (Wildman–Crippen MR) is 63.3 cm³/mol. The molecule has 5 heteroatoms. The van der Waals surface area contributed by atoms with Crippen LogP contribution < -0.4 is 10.1 Å². The van der Waals surface area contributed by atoms with Gasteiger partial charge in [0.05, 0.1) is 12.8 Å². The van der Waals surface area contributed by atoms with Crippen molar-refractivity contribution in [3.8, 4) is 23.2 Å². The number of nitriles is 1. The van der Waals surface area contributed by atoms with Crippen molar-refractivity contribution in [2.24, 2.45) is 0 Å². The smallest absolute Gasteiger partial charge is 0.236 e. The van der Waals surface area contributed by atoms with Gasteiger partial charge in [-0.2, -0.15) is 5.26 Å². The van der Waals surface area contributed by atoms with Crippen LogP contribution in [0.25, 0.3) is 11.3 Å². The largest absolute Gasteiger partial charge is 0.496 e. The second-order valence-corrected chi connectivity index (χ2v) is 3.20. The van der Waals surface area contributed by atoms with E-state index in [1.54, 1.807) is 25.6 Å². The molecule has 1 aromatic heterocycles. The lowest BCUT2D eigenvalue weighted by Crippen LogP contribution is -1.97. The van der Waals surface area contributed by atoms with Gasteiger partial charge in [0.2, 0.25) is 5.95 Å². The fourth-order valence-electron chi connectivity index (χ4n) is 1.48. The number of nitrogens with zero attached hydrogens (tertiary/aromatic N) is 3. The highest BCUT2D eigenvalue weighted by molar-refractivity contribution is 5.67. The van der Waals surface area contributed by atoms with Crippen molar-refractivity contribution in [1.29, 1.82) is 5.26 Å². The van der Waals surface area contributed by atoms with E-state index in [0.29, 0.717) is 5.69 Å². The Bertz CT molecular complexity index is 562. The molecule has 0 saturated heterocycles. The molecule has 1 heterocycles. The van der Waals surface area contributed by atoms with Crippen molar-refractivity contribution >= 4 is 5.95 Å². The summed E-state index contributed by atoms with van der Waals surface area (Å²) >= 11 is 0. The van der Waals surface area contributed by atoms with Crippen molar-refractivity contribution in [3.63, 3.8) is 0 Å². The maximum atomic E-state index is 8.52. The molecule has 0 unspecified atom stereocenters. The molecule has 2 aromatic rings. The van der Waals surface area contributed by atoms with Gasteiger partial charge >= 0.3 is 0 Å². The first-order chi connectivity index (χ1) is 8.35. The van der Waals surface area contributed by atoms with E-state index in [9.17, 15) is 0 Å². The summed E-state index contributed by atoms with van der Waals surface area (Å²) in [6, 6.07) is 9.31. The fraction of sp³-hybridized carbons (Fsp3) is 0.0833. The molecule has 84 valence electrons.